The van der Waals surface area contributed by atoms with Gasteiger partial charge in [-0.05, 0) is 12.1 Å². The van der Waals surface area contributed by atoms with Gasteiger partial charge in [-0.2, -0.15) is 9.61 Å². The first-order chi connectivity index (χ1) is 12.0. The van der Waals surface area contributed by atoms with Gasteiger partial charge in [0.1, 0.15) is 11.4 Å². The minimum absolute atomic E-state index is 0.275. The predicted octanol–water partition coefficient (Wildman–Crippen LogP) is 2.86. The Morgan fingerprint density at radius 2 is 1.60 bits per heavy atom. The van der Waals surface area contributed by atoms with Crippen LogP contribution in [0, 0.1) is 0 Å². The van der Waals surface area contributed by atoms with E-state index in [1.165, 1.54) is 6.26 Å². The van der Waals surface area contributed by atoms with Crippen molar-refractivity contribution in [2.75, 3.05) is 6.26 Å². The van der Waals surface area contributed by atoms with E-state index in [0.717, 1.165) is 22.5 Å². The molecule has 2 aromatic carbocycles. The van der Waals surface area contributed by atoms with Gasteiger partial charge < -0.3 is 0 Å². The van der Waals surface area contributed by atoms with E-state index >= 15 is 0 Å². The fourth-order valence-corrected chi connectivity index (χ4v) is 3.34. The van der Waals surface area contributed by atoms with Crippen molar-refractivity contribution in [1.29, 1.82) is 0 Å². The number of nitrogens with zero attached hydrogens (tertiary/aromatic N) is 4. The van der Waals surface area contributed by atoms with Gasteiger partial charge in [-0.3, -0.25) is 0 Å². The minimum atomic E-state index is -3.24. The number of benzene rings is 2. The van der Waals surface area contributed by atoms with Crippen LogP contribution in [0.3, 0.4) is 0 Å². The van der Waals surface area contributed by atoms with Crippen molar-refractivity contribution < 1.29 is 8.42 Å². The Kier molecular flexibility index (Phi) is 3.58. The van der Waals surface area contributed by atoms with Crippen LogP contribution in [0.2, 0.25) is 0 Å². The lowest BCUT2D eigenvalue weighted by atomic mass is 10.1. The Hall–Kier alpha value is -3.06. The summed E-state index contributed by atoms with van der Waals surface area (Å²) < 4.78 is 25.0. The van der Waals surface area contributed by atoms with Gasteiger partial charge in [0, 0.05) is 17.4 Å². The molecule has 0 unspecified atom stereocenters. The number of hydrogen-bond donors (Lipinski definition) is 0. The Labute approximate surface area is 144 Å². The number of imidazole rings is 1. The lowest BCUT2D eigenvalue weighted by Gasteiger charge is -2.06. The number of fused-ring (bicyclic) bond motifs is 1. The average Bonchev–Trinajstić information content (AvgIpc) is 3.01. The summed E-state index contributed by atoms with van der Waals surface area (Å²) in [5.74, 6) is 0.489. The Morgan fingerprint density at radius 3 is 2.28 bits per heavy atom. The maximum absolute atomic E-state index is 11.7. The molecule has 0 bridgehead atoms. The van der Waals surface area contributed by atoms with Crippen molar-refractivity contribution in [3.63, 3.8) is 0 Å². The third-order valence-corrected chi connectivity index (χ3v) is 5.01. The molecule has 7 heteroatoms. The van der Waals surface area contributed by atoms with E-state index in [9.17, 15) is 8.42 Å². The SMILES string of the molecule is CS(=O)(=O)c1ccc(-c2c(-c3ccccc3)nc3nccnn23)cc1. The number of hydrogen-bond acceptors (Lipinski definition) is 5. The summed E-state index contributed by atoms with van der Waals surface area (Å²) in [6, 6.07) is 16.5. The molecule has 0 aliphatic rings. The molecule has 4 rings (SSSR count). The first-order valence-electron chi connectivity index (χ1n) is 7.60. The molecule has 0 saturated heterocycles. The summed E-state index contributed by atoms with van der Waals surface area (Å²) in [6.45, 7) is 0. The molecule has 25 heavy (non-hydrogen) atoms. The van der Waals surface area contributed by atoms with E-state index in [-0.39, 0.29) is 4.90 Å². The second kappa shape index (κ2) is 5.78. The lowest BCUT2D eigenvalue weighted by molar-refractivity contribution is 0.602. The first-order valence-corrected chi connectivity index (χ1v) is 9.49. The van der Waals surface area contributed by atoms with E-state index in [1.807, 2.05) is 30.3 Å². The quantitative estimate of drug-likeness (QED) is 0.568. The van der Waals surface area contributed by atoms with Gasteiger partial charge >= 0.3 is 0 Å². The smallest absolute Gasteiger partial charge is 0.224 e. The maximum Gasteiger partial charge on any atom is 0.251 e. The molecule has 0 aliphatic heterocycles. The first kappa shape index (κ1) is 15.5. The van der Waals surface area contributed by atoms with Gasteiger partial charge in [0.25, 0.3) is 5.78 Å². The highest BCUT2D eigenvalue weighted by molar-refractivity contribution is 7.90. The summed E-state index contributed by atoms with van der Waals surface area (Å²) in [7, 11) is -3.24. The highest BCUT2D eigenvalue weighted by Gasteiger charge is 2.18. The van der Waals surface area contributed by atoms with Crippen molar-refractivity contribution in [3.05, 3.63) is 67.0 Å². The molecule has 0 fully saturated rings. The summed E-state index contributed by atoms with van der Waals surface area (Å²) in [6.07, 6.45) is 4.38. The molecule has 2 aromatic heterocycles. The van der Waals surface area contributed by atoms with Crippen LogP contribution in [0.4, 0.5) is 0 Å². The zero-order valence-electron chi connectivity index (χ0n) is 13.4. The molecule has 0 amide bonds. The van der Waals surface area contributed by atoms with Crippen molar-refractivity contribution in [1.82, 2.24) is 19.6 Å². The Bertz CT molecular complexity index is 1150. The number of sulfone groups is 1. The molecule has 2 heterocycles. The Morgan fingerprint density at radius 1 is 0.880 bits per heavy atom. The van der Waals surface area contributed by atoms with Crippen LogP contribution >= 0.6 is 0 Å². The predicted molar refractivity (Wildman–Crippen MR) is 94.8 cm³/mol. The normalized spacial score (nSPS) is 11.7. The highest BCUT2D eigenvalue weighted by atomic mass is 32.2. The van der Waals surface area contributed by atoms with Crippen molar-refractivity contribution in [2.24, 2.45) is 0 Å². The highest BCUT2D eigenvalue weighted by Crippen LogP contribution is 2.32. The summed E-state index contributed by atoms with van der Waals surface area (Å²) >= 11 is 0. The van der Waals surface area contributed by atoms with Crippen LogP contribution in [0.5, 0.6) is 0 Å². The summed E-state index contributed by atoms with van der Waals surface area (Å²) in [4.78, 5) is 9.14. The van der Waals surface area contributed by atoms with Crippen LogP contribution in [0.25, 0.3) is 28.3 Å². The molecule has 0 atom stereocenters. The topological polar surface area (TPSA) is 77.2 Å². The van der Waals surface area contributed by atoms with Crippen LogP contribution in [-0.4, -0.2) is 34.3 Å². The van der Waals surface area contributed by atoms with E-state index in [0.29, 0.717) is 5.78 Å². The molecule has 124 valence electrons. The van der Waals surface area contributed by atoms with Crippen molar-refractivity contribution in [2.45, 2.75) is 4.90 Å². The molecule has 0 radical (unpaired) electrons. The second-order valence-electron chi connectivity index (χ2n) is 5.63. The van der Waals surface area contributed by atoms with Gasteiger partial charge in [0.2, 0.25) is 0 Å². The molecule has 4 aromatic rings. The van der Waals surface area contributed by atoms with E-state index in [4.69, 9.17) is 0 Å². The van der Waals surface area contributed by atoms with Gasteiger partial charge in [0.05, 0.1) is 17.3 Å². The molecule has 0 N–H and O–H groups in total. The molecule has 0 spiro atoms. The maximum atomic E-state index is 11.7. The van der Waals surface area contributed by atoms with E-state index in [2.05, 4.69) is 15.1 Å². The summed E-state index contributed by atoms with van der Waals surface area (Å²) in [5.41, 5.74) is 3.28. The fraction of sp³-hybridized carbons (Fsp3) is 0.0556. The van der Waals surface area contributed by atoms with Crippen LogP contribution in [0.1, 0.15) is 0 Å². The van der Waals surface area contributed by atoms with Gasteiger partial charge in [-0.25, -0.2) is 18.4 Å². The van der Waals surface area contributed by atoms with Crippen molar-refractivity contribution >= 4 is 15.6 Å². The second-order valence-corrected chi connectivity index (χ2v) is 7.64. The monoisotopic (exact) mass is 350 g/mol. The number of rotatable bonds is 3. The van der Waals surface area contributed by atoms with E-state index < -0.39 is 9.84 Å². The van der Waals surface area contributed by atoms with Gasteiger partial charge in [0.15, 0.2) is 9.84 Å². The van der Waals surface area contributed by atoms with E-state index in [1.54, 1.807) is 41.2 Å². The molecular weight excluding hydrogens is 336 g/mol. The van der Waals surface area contributed by atoms with Crippen LogP contribution < -0.4 is 0 Å². The molecule has 0 aliphatic carbocycles. The lowest BCUT2D eigenvalue weighted by Crippen LogP contribution is -1.98. The van der Waals surface area contributed by atoms with Crippen LogP contribution in [0.15, 0.2) is 71.9 Å². The van der Waals surface area contributed by atoms with Crippen LogP contribution in [-0.2, 0) is 9.84 Å². The Balaban J connectivity index is 1.97. The number of aromatic nitrogens is 4. The summed E-state index contributed by atoms with van der Waals surface area (Å²) in [5, 5.41) is 4.35. The van der Waals surface area contributed by atoms with Gasteiger partial charge in [-0.15, -0.1) is 0 Å². The standard InChI is InChI=1S/C18H14N4O2S/c1-25(23,24)15-9-7-14(8-10-15)17-16(13-5-3-2-4-6-13)21-18-19-11-12-20-22(17)18/h2-12H,1H3. The minimum Gasteiger partial charge on any atom is -0.224 e. The third kappa shape index (κ3) is 2.78. The van der Waals surface area contributed by atoms with Crippen molar-refractivity contribution in [3.8, 4) is 22.5 Å². The molecule has 0 saturated carbocycles. The zero-order chi connectivity index (χ0) is 17.4. The largest absolute Gasteiger partial charge is 0.251 e. The molecule has 6 nitrogen and oxygen atoms in total. The average molecular weight is 350 g/mol. The van der Waals surface area contributed by atoms with Gasteiger partial charge in [-0.1, -0.05) is 42.5 Å². The fourth-order valence-electron chi connectivity index (χ4n) is 2.71. The molecular formula is C18H14N4O2S. The zero-order valence-corrected chi connectivity index (χ0v) is 14.2. The third-order valence-electron chi connectivity index (χ3n) is 3.88.